The summed E-state index contributed by atoms with van der Waals surface area (Å²) in [5.41, 5.74) is 2.50. The van der Waals surface area contributed by atoms with Gasteiger partial charge in [0, 0.05) is 12.0 Å². The topological polar surface area (TPSA) is 73.1 Å². The van der Waals surface area contributed by atoms with Crippen molar-refractivity contribution in [2.24, 2.45) is 61.8 Å². The minimum Gasteiger partial charge on any atom is -0.411 e. The van der Waals surface area contributed by atoms with E-state index in [9.17, 15) is 15.4 Å². The molecule has 5 aliphatic carbocycles. The molecule has 4 nitrogen and oxygen atoms in total. The van der Waals surface area contributed by atoms with E-state index < -0.39 is 5.41 Å². The Balaban J connectivity index is 1.55. The lowest BCUT2D eigenvalue weighted by Crippen LogP contribution is -2.67. The second-order valence-electron chi connectivity index (χ2n) is 14.3. The third-order valence-electron chi connectivity index (χ3n) is 13.6. The number of aliphatic hydroxyl groups excluding tert-OH is 2. The Bertz CT molecular complexity index is 884. The number of fused-ring (bicyclic) bond motifs is 7. The average molecular weight is 472 g/mol. The molecule has 34 heavy (non-hydrogen) atoms. The molecular formula is C30H49NO3. The number of allylic oxidation sites excluding steroid dienone is 1. The van der Waals surface area contributed by atoms with Crippen LogP contribution in [0.25, 0.3) is 0 Å². The Morgan fingerprint density at radius 1 is 0.882 bits per heavy atom. The van der Waals surface area contributed by atoms with Crippen molar-refractivity contribution in [3.8, 4) is 0 Å². The highest BCUT2D eigenvalue weighted by Gasteiger charge is 2.71. The van der Waals surface area contributed by atoms with Gasteiger partial charge in [-0.1, -0.05) is 45.0 Å². The maximum atomic E-state index is 10.7. The summed E-state index contributed by atoms with van der Waals surface area (Å²) >= 11 is 0. The van der Waals surface area contributed by atoms with Gasteiger partial charge in [0.15, 0.2) is 0 Å². The molecule has 5 rings (SSSR count). The van der Waals surface area contributed by atoms with E-state index in [1.807, 2.05) is 0 Å². The Labute approximate surface area is 207 Å². The highest BCUT2D eigenvalue weighted by Crippen LogP contribution is 2.77. The molecule has 0 amide bonds. The van der Waals surface area contributed by atoms with Crippen LogP contribution in [0.4, 0.5) is 0 Å². The predicted octanol–water partition coefficient (Wildman–Crippen LogP) is 6.44. The highest BCUT2D eigenvalue weighted by molar-refractivity contribution is 5.91. The first-order chi connectivity index (χ1) is 16.0. The van der Waals surface area contributed by atoms with Crippen molar-refractivity contribution in [2.45, 2.75) is 98.8 Å². The van der Waals surface area contributed by atoms with Crippen LogP contribution < -0.4 is 0 Å². The Kier molecular flexibility index (Phi) is 5.70. The number of rotatable bonds is 3. The Morgan fingerprint density at radius 2 is 1.62 bits per heavy atom. The van der Waals surface area contributed by atoms with Crippen LogP contribution in [-0.4, -0.2) is 34.3 Å². The second kappa shape index (κ2) is 7.81. The molecule has 0 radical (unpaired) electrons. The zero-order valence-corrected chi connectivity index (χ0v) is 22.4. The van der Waals surface area contributed by atoms with Crippen LogP contribution in [0.1, 0.15) is 98.8 Å². The van der Waals surface area contributed by atoms with Gasteiger partial charge in [0.25, 0.3) is 0 Å². The molecule has 0 unspecified atom stereocenters. The van der Waals surface area contributed by atoms with E-state index in [2.05, 4.69) is 46.4 Å². The van der Waals surface area contributed by atoms with Crippen molar-refractivity contribution < 1.29 is 15.4 Å². The third kappa shape index (κ3) is 2.82. The standard InChI is InChI=1S/C30H49NO3/c1-19(2)20-9-14-30(18-33)16-15-28(5)21(25(20)30)7-8-23-26(3)12-11-24(31-34)27(4,17-32)22(26)10-13-29(23,28)6/h20-23,25,32-34H,1,7-18H2,2-6H3/b31-24-/t20-,21+,22+,23+,25+,26-,27+,28+,29+,30+/m0/s1. The van der Waals surface area contributed by atoms with Gasteiger partial charge in [-0.3, -0.25) is 0 Å². The normalized spacial score (nSPS) is 55.7. The van der Waals surface area contributed by atoms with Crippen LogP contribution in [0.3, 0.4) is 0 Å². The van der Waals surface area contributed by atoms with E-state index in [-0.39, 0.29) is 28.3 Å². The summed E-state index contributed by atoms with van der Waals surface area (Å²) in [5, 5.41) is 34.6. The molecule has 0 aromatic rings. The van der Waals surface area contributed by atoms with Gasteiger partial charge < -0.3 is 15.4 Å². The molecular weight excluding hydrogens is 422 g/mol. The van der Waals surface area contributed by atoms with Gasteiger partial charge >= 0.3 is 0 Å². The van der Waals surface area contributed by atoms with Crippen LogP contribution in [0.15, 0.2) is 17.3 Å². The number of nitrogens with zero attached hydrogens (tertiary/aromatic N) is 1. The van der Waals surface area contributed by atoms with Crippen LogP contribution in [0, 0.1) is 56.7 Å². The van der Waals surface area contributed by atoms with Crippen LogP contribution in [0.5, 0.6) is 0 Å². The SMILES string of the molecule is C=C(C)[C@@H]1CC[C@]2(CO)CC[C@]3(C)[C@H](CC[C@@H]4[C@@]5(C)CC/C(=N/O)[C@](C)(CO)[C@@H]5CC[C@]43C)[C@@H]12. The summed E-state index contributed by atoms with van der Waals surface area (Å²) in [7, 11) is 0. The Hall–Kier alpha value is -0.870. The molecule has 10 atom stereocenters. The average Bonchev–Trinajstić information content (AvgIpc) is 3.20. The molecule has 0 aromatic heterocycles. The van der Waals surface area contributed by atoms with Crippen molar-refractivity contribution >= 4 is 5.71 Å². The van der Waals surface area contributed by atoms with Gasteiger partial charge in [-0.05, 0) is 122 Å². The molecule has 3 N–H and O–H groups in total. The second-order valence-corrected chi connectivity index (χ2v) is 14.3. The lowest BCUT2D eigenvalue weighted by atomic mass is 9.32. The lowest BCUT2D eigenvalue weighted by Gasteiger charge is -2.72. The molecule has 5 saturated carbocycles. The van der Waals surface area contributed by atoms with Crippen molar-refractivity contribution in [2.75, 3.05) is 13.2 Å². The van der Waals surface area contributed by atoms with Gasteiger partial charge in [-0.25, -0.2) is 0 Å². The van der Waals surface area contributed by atoms with Crippen LogP contribution >= 0.6 is 0 Å². The van der Waals surface area contributed by atoms with Crippen molar-refractivity contribution in [1.82, 2.24) is 0 Å². The first-order valence-corrected chi connectivity index (χ1v) is 14.1. The fourth-order valence-corrected chi connectivity index (χ4v) is 11.6. The molecule has 5 aliphatic rings. The number of aliphatic hydroxyl groups is 2. The molecule has 4 heteroatoms. The molecule has 0 heterocycles. The quantitative estimate of drug-likeness (QED) is 0.252. The van der Waals surface area contributed by atoms with Crippen LogP contribution in [0.2, 0.25) is 0 Å². The maximum Gasteiger partial charge on any atom is 0.0655 e. The summed E-state index contributed by atoms with van der Waals surface area (Å²) in [5.74, 6) is 2.76. The van der Waals surface area contributed by atoms with E-state index >= 15 is 0 Å². The molecule has 0 saturated heterocycles. The number of oxime groups is 1. The largest absolute Gasteiger partial charge is 0.411 e. The monoisotopic (exact) mass is 471 g/mol. The van der Waals surface area contributed by atoms with Crippen molar-refractivity contribution in [1.29, 1.82) is 0 Å². The van der Waals surface area contributed by atoms with E-state index in [1.54, 1.807) is 0 Å². The summed E-state index contributed by atoms with van der Waals surface area (Å²) in [6.07, 6.45) is 11.4. The summed E-state index contributed by atoms with van der Waals surface area (Å²) in [6, 6.07) is 0. The smallest absolute Gasteiger partial charge is 0.0655 e. The molecule has 0 aromatic carbocycles. The van der Waals surface area contributed by atoms with E-state index in [0.717, 1.165) is 37.8 Å². The molecule has 0 aliphatic heterocycles. The Morgan fingerprint density at radius 3 is 2.24 bits per heavy atom. The number of hydrogen-bond donors (Lipinski definition) is 3. The minimum atomic E-state index is -0.421. The van der Waals surface area contributed by atoms with E-state index in [4.69, 9.17) is 0 Å². The lowest BCUT2D eigenvalue weighted by molar-refractivity contribution is -0.233. The molecule has 0 bridgehead atoms. The maximum absolute atomic E-state index is 10.7. The third-order valence-corrected chi connectivity index (χ3v) is 13.6. The van der Waals surface area contributed by atoms with Gasteiger partial charge in [0.2, 0.25) is 0 Å². The van der Waals surface area contributed by atoms with Gasteiger partial charge in [0.05, 0.1) is 12.3 Å². The summed E-state index contributed by atoms with van der Waals surface area (Å²) in [4.78, 5) is 0. The van der Waals surface area contributed by atoms with E-state index in [0.29, 0.717) is 36.2 Å². The van der Waals surface area contributed by atoms with E-state index in [1.165, 1.54) is 37.7 Å². The van der Waals surface area contributed by atoms with Crippen molar-refractivity contribution in [3.05, 3.63) is 12.2 Å². The van der Waals surface area contributed by atoms with Gasteiger partial charge in [-0.2, -0.15) is 0 Å². The summed E-state index contributed by atoms with van der Waals surface area (Å²) in [6.45, 7) is 17.0. The first-order valence-electron chi connectivity index (χ1n) is 14.1. The fourth-order valence-electron chi connectivity index (χ4n) is 11.6. The molecule has 0 spiro atoms. The summed E-state index contributed by atoms with van der Waals surface area (Å²) < 4.78 is 0. The zero-order chi connectivity index (χ0) is 24.7. The molecule has 192 valence electrons. The predicted molar refractivity (Wildman–Crippen MR) is 137 cm³/mol. The zero-order valence-electron chi connectivity index (χ0n) is 22.4. The highest BCUT2D eigenvalue weighted by atomic mass is 16.4. The molecule has 5 fully saturated rings. The van der Waals surface area contributed by atoms with Crippen molar-refractivity contribution in [3.63, 3.8) is 0 Å². The first kappa shape index (κ1) is 24.8. The minimum absolute atomic E-state index is 0.0668. The van der Waals surface area contributed by atoms with Gasteiger partial charge in [0.1, 0.15) is 0 Å². The number of hydrogen-bond acceptors (Lipinski definition) is 4. The van der Waals surface area contributed by atoms with Gasteiger partial charge in [-0.15, -0.1) is 0 Å². The van der Waals surface area contributed by atoms with Crippen LogP contribution in [-0.2, 0) is 0 Å². The fraction of sp³-hybridized carbons (Fsp3) is 0.900.